The molecule has 0 aromatic heterocycles. The third kappa shape index (κ3) is 2.03. The van der Waals surface area contributed by atoms with Crippen LogP contribution in [-0.2, 0) is 0 Å². The molecule has 0 aliphatic carbocycles. The summed E-state index contributed by atoms with van der Waals surface area (Å²) in [7, 11) is 2.22. The van der Waals surface area contributed by atoms with Crippen LogP contribution in [0.25, 0.3) is 0 Å². The molecule has 0 amide bonds. The van der Waals surface area contributed by atoms with Crippen LogP contribution in [0.4, 0.5) is 0 Å². The quantitative estimate of drug-likeness (QED) is 0.750. The molecule has 13 heavy (non-hydrogen) atoms. The molecule has 2 N–H and O–H groups in total. The van der Waals surface area contributed by atoms with Crippen molar-refractivity contribution in [1.82, 2.24) is 4.90 Å². The Morgan fingerprint density at radius 1 is 1.62 bits per heavy atom. The van der Waals surface area contributed by atoms with Crippen LogP contribution in [0.5, 0.6) is 0 Å². The Hall–Kier alpha value is 0.270. The molecule has 0 aromatic rings. The van der Waals surface area contributed by atoms with Gasteiger partial charge in [-0.05, 0) is 32.2 Å². The van der Waals surface area contributed by atoms with Crippen molar-refractivity contribution in [2.24, 2.45) is 5.73 Å². The molecular formula is C10H22N2S. The highest BCUT2D eigenvalue weighted by atomic mass is 32.2. The fourth-order valence-electron chi connectivity index (χ4n) is 2.25. The average molecular weight is 202 g/mol. The molecule has 1 aliphatic rings. The zero-order valence-corrected chi connectivity index (χ0v) is 9.86. The van der Waals surface area contributed by atoms with Gasteiger partial charge in [-0.3, -0.25) is 4.90 Å². The molecular weight excluding hydrogens is 180 g/mol. The SMILES string of the molecule is CCCN(C)C1(CN)CCSC1C. The van der Waals surface area contributed by atoms with Gasteiger partial charge in [-0.2, -0.15) is 11.8 Å². The largest absolute Gasteiger partial charge is 0.329 e. The predicted molar refractivity (Wildman–Crippen MR) is 61.2 cm³/mol. The Labute approximate surface area is 86.2 Å². The third-order valence-electron chi connectivity index (χ3n) is 3.33. The molecule has 1 aliphatic heterocycles. The minimum Gasteiger partial charge on any atom is -0.329 e. The smallest absolute Gasteiger partial charge is 0.0452 e. The summed E-state index contributed by atoms with van der Waals surface area (Å²) < 4.78 is 0. The second kappa shape index (κ2) is 4.67. The summed E-state index contributed by atoms with van der Waals surface area (Å²) in [6.07, 6.45) is 2.47. The predicted octanol–water partition coefficient (Wildman–Crippen LogP) is 1.55. The van der Waals surface area contributed by atoms with Crippen LogP contribution < -0.4 is 5.73 Å². The summed E-state index contributed by atoms with van der Waals surface area (Å²) in [6.45, 7) is 6.52. The molecule has 3 heteroatoms. The Balaban J connectivity index is 2.67. The first kappa shape index (κ1) is 11.3. The zero-order chi connectivity index (χ0) is 9.90. The van der Waals surface area contributed by atoms with Gasteiger partial charge in [0.25, 0.3) is 0 Å². The summed E-state index contributed by atoms with van der Waals surface area (Å²) >= 11 is 2.06. The van der Waals surface area contributed by atoms with Crippen molar-refractivity contribution in [2.75, 3.05) is 25.9 Å². The topological polar surface area (TPSA) is 29.3 Å². The van der Waals surface area contributed by atoms with Gasteiger partial charge in [-0.15, -0.1) is 0 Å². The maximum absolute atomic E-state index is 5.94. The number of nitrogens with two attached hydrogens (primary N) is 1. The molecule has 78 valence electrons. The summed E-state index contributed by atoms with van der Waals surface area (Å²) in [5.74, 6) is 1.27. The highest BCUT2D eigenvalue weighted by Gasteiger charge is 2.42. The van der Waals surface area contributed by atoms with E-state index in [-0.39, 0.29) is 5.54 Å². The lowest BCUT2D eigenvalue weighted by molar-refractivity contribution is 0.130. The van der Waals surface area contributed by atoms with Crippen LogP contribution in [0, 0.1) is 0 Å². The van der Waals surface area contributed by atoms with Gasteiger partial charge in [0.1, 0.15) is 0 Å². The van der Waals surface area contributed by atoms with Crippen molar-refractivity contribution in [2.45, 2.75) is 37.5 Å². The monoisotopic (exact) mass is 202 g/mol. The van der Waals surface area contributed by atoms with Crippen LogP contribution in [0.1, 0.15) is 26.7 Å². The molecule has 2 nitrogen and oxygen atoms in total. The number of thioether (sulfide) groups is 1. The number of nitrogens with zero attached hydrogens (tertiary/aromatic N) is 1. The molecule has 0 bridgehead atoms. The van der Waals surface area contributed by atoms with Gasteiger partial charge in [0.2, 0.25) is 0 Å². The molecule has 1 heterocycles. The molecule has 1 rings (SSSR count). The van der Waals surface area contributed by atoms with Gasteiger partial charge < -0.3 is 5.73 Å². The summed E-state index contributed by atoms with van der Waals surface area (Å²) in [5.41, 5.74) is 6.21. The van der Waals surface area contributed by atoms with E-state index in [0.29, 0.717) is 5.25 Å². The van der Waals surface area contributed by atoms with Gasteiger partial charge in [0.05, 0.1) is 0 Å². The van der Waals surface area contributed by atoms with Crippen molar-refractivity contribution in [3.8, 4) is 0 Å². The first-order valence-electron chi connectivity index (χ1n) is 5.20. The van der Waals surface area contributed by atoms with E-state index in [1.165, 1.54) is 25.1 Å². The number of hydrogen-bond donors (Lipinski definition) is 1. The van der Waals surface area contributed by atoms with E-state index < -0.39 is 0 Å². The molecule has 0 spiro atoms. The van der Waals surface area contributed by atoms with Crippen molar-refractivity contribution in [1.29, 1.82) is 0 Å². The molecule has 2 atom stereocenters. The standard InChI is InChI=1S/C10H22N2S/c1-4-6-12(3)10(8-11)5-7-13-9(10)2/h9H,4-8,11H2,1-3H3. The number of likely N-dealkylation sites (N-methyl/N-ethyl adjacent to an activating group) is 1. The van der Waals surface area contributed by atoms with E-state index >= 15 is 0 Å². The van der Waals surface area contributed by atoms with Gasteiger partial charge in [0.15, 0.2) is 0 Å². The highest BCUT2D eigenvalue weighted by molar-refractivity contribution is 8.00. The Morgan fingerprint density at radius 2 is 2.31 bits per heavy atom. The molecule has 0 radical (unpaired) electrons. The summed E-state index contributed by atoms with van der Waals surface area (Å²) in [5, 5.41) is 0.689. The highest BCUT2D eigenvalue weighted by Crippen LogP contribution is 2.38. The first-order valence-corrected chi connectivity index (χ1v) is 6.25. The van der Waals surface area contributed by atoms with Gasteiger partial charge in [-0.25, -0.2) is 0 Å². The van der Waals surface area contributed by atoms with Crippen molar-refractivity contribution >= 4 is 11.8 Å². The molecule has 1 saturated heterocycles. The van der Waals surface area contributed by atoms with E-state index in [2.05, 4.69) is 37.6 Å². The van der Waals surface area contributed by atoms with Crippen LogP contribution in [0.3, 0.4) is 0 Å². The van der Waals surface area contributed by atoms with Crippen molar-refractivity contribution in [3.05, 3.63) is 0 Å². The maximum atomic E-state index is 5.94. The van der Waals surface area contributed by atoms with Crippen LogP contribution in [0.2, 0.25) is 0 Å². The fourth-order valence-corrected chi connectivity index (χ4v) is 3.78. The van der Waals surface area contributed by atoms with Crippen LogP contribution in [0.15, 0.2) is 0 Å². The van der Waals surface area contributed by atoms with Crippen LogP contribution in [-0.4, -0.2) is 41.6 Å². The maximum Gasteiger partial charge on any atom is 0.0452 e. The minimum absolute atomic E-state index is 0.278. The Kier molecular flexibility index (Phi) is 4.07. The second-order valence-electron chi connectivity index (χ2n) is 3.99. The van der Waals surface area contributed by atoms with Crippen molar-refractivity contribution in [3.63, 3.8) is 0 Å². The number of rotatable bonds is 4. The first-order chi connectivity index (χ1) is 6.17. The van der Waals surface area contributed by atoms with E-state index in [1.807, 2.05) is 0 Å². The van der Waals surface area contributed by atoms with E-state index in [0.717, 1.165) is 6.54 Å². The molecule has 0 saturated carbocycles. The fraction of sp³-hybridized carbons (Fsp3) is 1.00. The lowest BCUT2D eigenvalue weighted by Crippen LogP contribution is -2.56. The van der Waals surface area contributed by atoms with E-state index in [1.54, 1.807) is 0 Å². The Bertz CT molecular complexity index is 163. The lowest BCUT2D eigenvalue weighted by Gasteiger charge is -2.41. The molecule has 1 fully saturated rings. The van der Waals surface area contributed by atoms with Crippen molar-refractivity contribution < 1.29 is 0 Å². The van der Waals surface area contributed by atoms with E-state index in [4.69, 9.17) is 5.73 Å². The van der Waals surface area contributed by atoms with Gasteiger partial charge in [-0.1, -0.05) is 13.8 Å². The summed E-state index contributed by atoms with van der Waals surface area (Å²) in [4.78, 5) is 2.47. The molecule has 0 aromatic carbocycles. The lowest BCUT2D eigenvalue weighted by atomic mass is 9.91. The van der Waals surface area contributed by atoms with E-state index in [9.17, 15) is 0 Å². The van der Waals surface area contributed by atoms with Gasteiger partial charge in [0, 0.05) is 17.3 Å². The third-order valence-corrected chi connectivity index (χ3v) is 4.71. The van der Waals surface area contributed by atoms with Gasteiger partial charge >= 0.3 is 0 Å². The minimum atomic E-state index is 0.278. The molecule has 2 unspecified atom stereocenters. The average Bonchev–Trinajstić information content (AvgIpc) is 2.48. The normalized spacial score (nSPS) is 34.4. The number of hydrogen-bond acceptors (Lipinski definition) is 3. The van der Waals surface area contributed by atoms with Crippen LogP contribution >= 0.6 is 11.8 Å². The summed E-state index contributed by atoms with van der Waals surface area (Å²) in [6, 6.07) is 0. The Morgan fingerprint density at radius 3 is 2.69 bits per heavy atom. The zero-order valence-electron chi connectivity index (χ0n) is 9.05. The second-order valence-corrected chi connectivity index (χ2v) is 5.44.